The summed E-state index contributed by atoms with van der Waals surface area (Å²) in [7, 11) is 3.48. The van der Waals surface area contributed by atoms with Crippen molar-refractivity contribution in [3.8, 4) is 0 Å². The largest absolute Gasteiger partial charge is 0.337 e. The van der Waals surface area contributed by atoms with Gasteiger partial charge in [0.15, 0.2) is 0 Å². The van der Waals surface area contributed by atoms with E-state index in [1.165, 1.54) is 22.8 Å². The molecule has 0 aromatic heterocycles. The topological polar surface area (TPSA) is 44.4 Å². The first kappa shape index (κ1) is 14.6. The highest BCUT2D eigenvalue weighted by molar-refractivity contribution is 7.99. The van der Waals surface area contributed by atoms with Crippen molar-refractivity contribution in [2.45, 2.75) is 13.3 Å². The summed E-state index contributed by atoms with van der Waals surface area (Å²) in [5.41, 5.74) is 0. The highest BCUT2D eigenvalue weighted by Gasteiger charge is 1.99. The molecule has 4 nitrogen and oxygen atoms in total. The maximum atomic E-state index is 11.1. The number of carbonyl (C=O) groups is 1. The van der Waals surface area contributed by atoms with Gasteiger partial charge in [-0.3, -0.25) is 0 Å². The second kappa shape index (κ2) is 10.1. The summed E-state index contributed by atoms with van der Waals surface area (Å²) in [6.07, 6.45) is 1.19. The summed E-state index contributed by atoms with van der Waals surface area (Å²) in [5, 5.41) is 6.10. The van der Waals surface area contributed by atoms with Crippen LogP contribution in [0.25, 0.3) is 0 Å². The van der Waals surface area contributed by atoms with E-state index >= 15 is 0 Å². The lowest BCUT2D eigenvalue weighted by molar-refractivity contribution is 0.217. The average molecular weight is 233 g/mol. The smallest absolute Gasteiger partial charge is 0.316 e. The van der Waals surface area contributed by atoms with Gasteiger partial charge in [0.05, 0.1) is 0 Å². The van der Waals surface area contributed by atoms with Crippen molar-refractivity contribution >= 4 is 17.8 Å². The van der Waals surface area contributed by atoms with E-state index < -0.39 is 0 Å². The zero-order valence-corrected chi connectivity index (χ0v) is 10.8. The molecule has 0 aromatic rings. The standard InChI is InChI=1S/C10H23N3OS/c1-4-15-9-5-6-11-7-8-12-10(14)13(2)3/h11H,4-9H2,1-3H3,(H,12,14). The Morgan fingerprint density at radius 1 is 1.27 bits per heavy atom. The van der Waals surface area contributed by atoms with E-state index in [-0.39, 0.29) is 6.03 Å². The Bertz CT molecular complexity index is 165. The normalized spacial score (nSPS) is 10.1. The third-order valence-corrected chi connectivity index (χ3v) is 2.82. The number of carbonyl (C=O) groups excluding carboxylic acids is 1. The maximum Gasteiger partial charge on any atom is 0.316 e. The van der Waals surface area contributed by atoms with Gasteiger partial charge in [-0.2, -0.15) is 11.8 Å². The number of urea groups is 1. The van der Waals surface area contributed by atoms with Crippen molar-refractivity contribution in [2.24, 2.45) is 0 Å². The van der Waals surface area contributed by atoms with Crippen LogP contribution in [0, 0.1) is 0 Å². The van der Waals surface area contributed by atoms with Gasteiger partial charge in [0, 0.05) is 27.2 Å². The Morgan fingerprint density at radius 3 is 2.60 bits per heavy atom. The fraction of sp³-hybridized carbons (Fsp3) is 0.900. The molecule has 0 aliphatic rings. The summed E-state index contributed by atoms with van der Waals surface area (Å²) in [6.45, 7) is 4.74. The van der Waals surface area contributed by atoms with Crippen LogP contribution in [0.2, 0.25) is 0 Å². The minimum Gasteiger partial charge on any atom is -0.337 e. The predicted octanol–water partition coefficient (Wildman–Crippen LogP) is 0.990. The Hall–Kier alpha value is -0.420. The molecular weight excluding hydrogens is 210 g/mol. The first-order valence-corrected chi connectivity index (χ1v) is 6.57. The number of hydrogen-bond acceptors (Lipinski definition) is 3. The number of nitrogens with one attached hydrogen (secondary N) is 2. The van der Waals surface area contributed by atoms with Crippen molar-refractivity contribution in [1.29, 1.82) is 0 Å². The van der Waals surface area contributed by atoms with Gasteiger partial charge in [-0.15, -0.1) is 0 Å². The average Bonchev–Trinajstić information content (AvgIpc) is 2.21. The first-order valence-electron chi connectivity index (χ1n) is 5.42. The quantitative estimate of drug-likeness (QED) is 0.615. The molecule has 0 aliphatic carbocycles. The molecule has 0 saturated heterocycles. The molecule has 0 heterocycles. The van der Waals surface area contributed by atoms with Crippen LogP contribution < -0.4 is 10.6 Å². The van der Waals surface area contributed by atoms with E-state index in [0.29, 0.717) is 6.54 Å². The molecule has 0 spiro atoms. The van der Waals surface area contributed by atoms with E-state index in [9.17, 15) is 4.79 Å². The molecule has 0 rings (SSSR count). The molecular formula is C10H23N3OS. The molecule has 0 aliphatic heterocycles. The van der Waals surface area contributed by atoms with Crippen molar-refractivity contribution in [3.63, 3.8) is 0 Å². The first-order chi connectivity index (χ1) is 7.18. The van der Waals surface area contributed by atoms with E-state index in [4.69, 9.17) is 0 Å². The highest BCUT2D eigenvalue weighted by Crippen LogP contribution is 1.98. The summed E-state index contributed by atoms with van der Waals surface area (Å²) in [4.78, 5) is 12.6. The Morgan fingerprint density at radius 2 is 2.00 bits per heavy atom. The van der Waals surface area contributed by atoms with E-state index in [1.807, 2.05) is 11.8 Å². The lowest BCUT2D eigenvalue weighted by atomic mass is 10.4. The highest BCUT2D eigenvalue weighted by atomic mass is 32.2. The van der Waals surface area contributed by atoms with Crippen LogP contribution in [-0.2, 0) is 0 Å². The Labute approximate surface area is 97.2 Å². The van der Waals surface area contributed by atoms with Gasteiger partial charge in [0.2, 0.25) is 0 Å². The molecule has 90 valence electrons. The van der Waals surface area contributed by atoms with E-state index in [0.717, 1.165) is 13.1 Å². The number of thioether (sulfide) groups is 1. The summed E-state index contributed by atoms with van der Waals surface area (Å²) >= 11 is 1.96. The molecule has 2 amide bonds. The molecule has 2 N–H and O–H groups in total. The number of hydrogen-bond donors (Lipinski definition) is 2. The lowest BCUT2D eigenvalue weighted by Gasteiger charge is -2.12. The fourth-order valence-corrected chi connectivity index (χ4v) is 1.62. The maximum absolute atomic E-state index is 11.1. The molecule has 5 heteroatoms. The van der Waals surface area contributed by atoms with Crippen LogP contribution in [0.3, 0.4) is 0 Å². The zero-order chi connectivity index (χ0) is 11.5. The molecule has 0 radical (unpaired) electrons. The van der Waals surface area contributed by atoms with Crippen LogP contribution in [-0.4, -0.2) is 56.2 Å². The van der Waals surface area contributed by atoms with Gasteiger partial charge < -0.3 is 15.5 Å². The predicted molar refractivity (Wildman–Crippen MR) is 67.6 cm³/mol. The van der Waals surface area contributed by atoms with Crippen LogP contribution in [0.4, 0.5) is 4.79 Å². The zero-order valence-electron chi connectivity index (χ0n) is 10.0. The van der Waals surface area contributed by atoms with Gasteiger partial charge in [-0.1, -0.05) is 6.92 Å². The van der Waals surface area contributed by atoms with Crippen molar-refractivity contribution in [1.82, 2.24) is 15.5 Å². The lowest BCUT2D eigenvalue weighted by Crippen LogP contribution is -2.38. The van der Waals surface area contributed by atoms with E-state index in [2.05, 4.69) is 17.6 Å². The van der Waals surface area contributed by atoms with Gasteiger partial charge in [0.1, 0.15) is 0 Å². The second-order valence-corrected chi connectivity index (χ2v) is 4.82. The third kappa shape index (κ3) is 9.87. The summed E-state index contributed by atoms with van der Waals surface area (Å²) in [6, 6.07) is -0.0293. The van der Waals surface area contributed by atoms with Gasteiger partial charge in [0.25, 0.3) is 0 Å². The minimum absolute atomic E-state index is 0.0293. The number of rotatable bonds is 8. The van der Waals surface area contributed by atoms with Crippen molar-refractivity contribution in [3.05, 3.63) is 0 Å². The third-order valence-electron chi connectivity index (χ3n) is 1.83. The Kier molecular flexibility index (Phi) is 9.83. The van der Waals surface area contributed by atoms with E-state index in [1.54, 1.807) is 14.1 Å². The second-order valence-electron chi connectivity index (χ2n) is 3.43. The molecule has 0 fully saturated rings. The van der Waals surface area contributed by atoms with Crippen LogP contribution in [0.5, 0.6) is 0 Å². The van der Waals surface area contributed by atoms with Crippen LogP contribution in [0.15, 0.2) is 0 Å². The van der Waals surface area contributed by atoms with Crippen molar-refractivity contribution < 1.29 is 4.79 Å². The Balaban J connectivity index is 3.08. The monoisotopic (exact) mass is 233 g/mol. The van der Waals surface area contributed by atoms with Gasteiger partial charge in [-0.05, 0) is 24.5 Å². The molecule has 15 heavy (non-hydrogen) atoms. The minimum atomic E-state index is -0.0293. The molecule has 0 unspecified atom stereocenters. The molecule has 0 bridgehead atoms. The van der Waals surface area contributed by atoms with Crippen LogP contribution in [0.1, 0.15) is 13.3 Å². The number of nitrogens with zero attached hydrogens (tertiary/aromatic N) is 1. The van der Waals surface area contributed by atoms with Gasteiger partial charge in [-0.25, -0.2) is 4.79 Å². The SMILES string of the molecule is CCSCCCNCCNC(=O)N(C)C. The van der Waals surface area contributed by atoms with Crippen LogP contribution >= 0.6 is 11.8 Å². The number of amides is 2. The van der Waals surface area contributed by atoms with Gasteiger partial charge >= 0.3 is 6.03 Å². The summed E-state index contributed by atoms with van der Waals surface area (Å²) in [5.74, 6) is 2.41. The molecule has 0 atom stereocenters. The fourth-order valence-electron chi connectivity index (χ4n) is 0.985. The van der Waals surface area contributed by atoms with Crippen molar-refractivity contribution in [2.75, 3.05) is 45.2 Å². The summed E-state index contributed by atoms with van der Waals surface area (Å²) < 4.78 is 0. The molecule has 0 saturated carbocycles. The molecule has 0 aromatic carbocycles.